The number of hydrogen-bond acceptors (Lipinski definition) is 3. The van der Waals surface area contributed by atoms with Gasteiger partial charge in [-0.1, -0.05) is 18.2 Å². The van der Waals surface area contributed by atoms with Crippen LogP contribution in [0.2, 0.25) is 0 Å². The highest BCUT2D eigenvalue weighted by Gasteiger charge is 2.38. The summed E-state index contributed by atoms with van der Waals surface area (Å²) in [4.78, 5) is 15.2. The number of hydrogen-bond donors (Lipinski definition) is 2. The molecule has 0 aliphatic carbocycles. The fraction of sp³-hybridized carbons (Fsp3) is 0.400. The Hall–Kier alpha value is -1.81. The van der Waals surface area contributed by atoms with Crippen molar-refractivity contribution < 1.29 is 9.53 Å². The Labute approximate surface area is 112 Å². The number of aryl methyl sites for hydroxylation is 1. The number of esters is 1. The van der Waals surface area contributed by atoms with Crippen LogP contribution in [0.15, 0.2) is 24.3 Å². The number of ether oxygens (including phenoxy) is 1. The van der Waals surface area contributed by atoms with Gasteiger partial charge in [0, 0.05) is 22.6 Å². The van der Waals surface area contributed by atoms with Crippen LogP contribution in [0, 0.1) is 12.3 Å². The Bertz CT molecular complexity index is 614. The van der Waals surface area contributed by atoms with Gasteiger partial charge in [-0.3, -0.25) is 4.79 Å². The van der Waals surface area contributed by atoms with Gasteiger partial charge in [0.15, 0.2) is 0 Å². The second kappa shape index (κ2) is 4.70. The Kier molecular flexibility index (Phi) is 3.37. The number of benzene rings is 1. The monoisotopic (exact) mass is 260 g/mol. The molecule has 0 spiro atoms. The highest BCUT2D eigenvalue weighted by Crippen LogP contribution is 2.37. The van der Waals surface area contributed by atoms with E-state index in [0.29, 0.717) is 0 Å². The van der Waals surface area contributed by atoms with Gasteiger partial charge in [-0.05, 0) is 32.4 Å². The van der Waals surface area contributed by atoms with E-state index < -0.39 is 11.5 Å². The van der Waals surface area contributed by atoms with E-state index in [1.165, 1.54) is 7.11 Å². The molecule has 0 aliphatic heterocycles. The molecule has 4 heteroatoms. The number of rotatable bonds is 3. The summed E-state index contributed by atoms with van der Waals surface area (Å²) >= 11 is 0. The van der Waals surface area contributed by atoms with Gasteiger partial charge >= 0.3 is 5.97 Å². The fourth-order valence-electron chi connectivity index (χ4n) is 2.45. The van der Waals surface area contributed by atoms with E-state index in [-0.39, 0.29) is 5.97 Å². The summed E-state index contributed by atoms with van der Waals surface area (Å²) in [6.45, 7) is 5.60. The number of fused-ring (bicyclic) bond motifs is 1. The van der Waals surface area contributed by atoms with Crippen LogP contribution < -0.4 is 5.73 Å². The minimum absolute atomic E-state index is 0.301. The summed E-state index contributed by atoms with van der Waals surface area (Å²) < 4.78 is 4.86. The Balaban J connectivity index is 2.55. The van der Waals surface area contributed by atoms with Crippen LogP contribution in [0.25, 0.3) is 10.9 Å². The molecule has 1 atom stereocenters. The molecule has 1 heterocycles. The van der Waals surface area contributed by atoms with Crippen molar-refractivity contribution in [2.75, 3.05) is 7.11 Å². The predicted molar refractivity (Wildman–Crippen MR) is 75.8 cm³/mol. The molecule has 0 radical (unpaired) electrons. The smallest absolute Gasteiger partial charge is 0.313 e. The molecule has 0 aliphatic rings. The first-order chi connectivity index (χ1) is 8.89. The summed E-state index contributed by atoms with van der Waals surface area (Å²) in [6.07, 6.45) is 0. The molecule has 2 aromatic rings. The summed E-state index contributed by atoms with van der Waals surface area (Å²) in [5, 5.41) is 1.06. The second-order valence-corrected chi connectivity index (χ2v) is 5.40. The highest BCUT2D eigenvalue weighted by molar-refractivity contribution is 5.87. The molecule has 4 nitrogen and oxygen atoms in total. The van der Waals surface area contributed by atoms with E-state index in [0.717, 1.165) is 22.2 Å². The van der Waals surface area contributed by atoms with Crippen molar-refractivity contribution in [3.8, 4) is 0 Å². The Morgan fingerprint density at radius 2 is 2.00 bits per heavy atom. The van der Waals surface area contributed by atoms with Crippen molar-refractivity contribution >= 4 is 16.9 Å². The maximum atomic E-state index is 11.9. The molecule has 0 fully saturated rings. The molecule has 102 valence electrons. The topological polar surface area (TPSA) is 68.1 Å². The maximum Gasteiger partial charge on any atom is 0.313 e. The van der Waals surface area contributed by atoms with Crippen LogP contribution in [0.1, 0.15) is 31.1 Å². The summed E-state index contributed by atoms with van der Waals surface area (Å²) in [5.74, 6) is -0.301. The van der Waals surface area contributed by atoms with E-state index in [1.54, 1.807) is 0 Å². The van der Waals surface area contributed by atoms with Crippen LogP contribution in [-0.4, -0.2) is 18.1 Å². The number of methoxy groups -OCH3 is 1. The van der Waals surface area contributed by atoms with Gasteiger partial charge in [-0.25, -0.2) is 0 Å². The van der Waals surface area contributed by atoms with Crippen LogP contribution in [0.5, 0.6) is 0 Å². The van der Waals surface area contributed by atoms with E-state index in [2.05, 4.69) is 4.98 Å². The molecule has 1 aromatic carbocycles. The van der Waals surface area contributed by atoms with Gasteiger partial charge < -0.3 is 15.5 Å². The van der Waals surface area contributed by atoms with Crippen LogP contribution >= 0.6 is 0 Å². The zero-order chi connectivity index (χ0) is 14.2. The average Bonchev–Trinajstić information content (AvgIpc) is 2.72. The third kappa shape index (κ3) is 2.12. The fourth-order valence-corrected chi connectivity index (χ4v) is 2.45. The van der Waals surface area contributed by atoms with Crippen molar-refractivity contribution in [3.05, 3.63) is 35.5 Å². The summed E-state index contributed by atoms with van der Waals surface area (Å²) in [5.41, 5.74) is 8.57. The molecule has 0 bridgehead atoms. The minimum Gasteiger partial charge on any atom is -0.469 e. The van der Waals surface area contributed by atoms with Crippen molar-refractivity contribution in [1.82, 2.24) is 4.98 Å². The van der Waals surface area contributed by atoms with Gasteiger partial charge in [0.05, 0.1) is 12.5 Å². The summed E-state index contributed by atoms with van der Waals surface area (Å²) in [6, 6.07) is 7.54. The highest BCUT2D eigenvalue weighted by atomic mass is 16.5. The molecule has 1 aromatic heterocycles. The number of nitrogens with two attached hydrogens (primary N) is 1. The minimum atomic E-state index is -0.773. The lowest BCUT2D eigenvalue weighted by Crippen LogP contribution is -2.37. The van der Waals surface area contributed by atoms with Gasteiger partial charge in [0.1, 0.15) is 0 Å². The molecule has 19 heavy (non-hydrogen) atoms. The van der Waals surface area contributed by atoms with Crippen LogP contribution in [-0.2, 0) is 9.53 Å². The Morgan fingerprint density at radius 1 is 1.37 bits per heavy atom. The predicted octanol–water partition coefficient (Wildman–Crippen LogP) is 2.68. The number of aromatic nitrogens is 1. The average molecular weight is 260 g/mol. The molecule has 0 amide bonds. The first-order valence-electron chi connectivity index (χ1n) is 6.30. The Morgan fingerprint density at radius 3 is 2.63 bits per heavy atom. The molecular weight excluding hydrogens is 240 g/mol. The molecule has 3 N–H and O–H groups in total. The van der Waals surface area contributed by atoms with Crippen LogP contribution in [0.4, 0.5) is 0 Å². The third-order valence-corrected chi connectivity index (χ3v) is 3.74. The standard InChI is InChI=1S/C15H20N2O2/c1-9-12(10-7-5-6-8-11(10)17-9)13(16)15(2,3)14(18)19-4/h5-8,13,17H,16H2,1-4H3/t13-/m1/s1. The quantitative estimate of drug-likeness (QED) is 0.834. The van der Waals surface area contributed by atoms with E-state index in [4.69, 9.17) is 10.5 Å². The lowest BCUT2D eigenvalue weighted by molar-refractivity contribution is -0.152. The second-order valence-electron chi connectivity index (χ2n) is 5.40. The number of carbonyl (C=O) groups is 1. The van der Waals surface area contributed by atoms with Crippen LogP contribution in [0.3, 0.4) is 0 Å². The first kappa shape index (κ1) is 13.6. The lowest BCUT2D eigenvalue weighted by atomic mass is 9.80. The lowest BCUT2D eigenvalue weighted by Gasteiger charge is -2.29. The molecular formula is C15H20N2O2. The zero-order valence-corrected chi connectivity index (χ0v) is 11.8. The molecule has 0 saturated heterocycles. The van der Waals surface area contributed by atoms with Gasteiger partial charge in [0.25, 0.3) is 0 Å². The van der Waals surface area contributed by atoms with Crippen molar-refractivity contribution in [2.45, 2.75) is 26.8 Å². The van der Waals surface area contributed by atoms with Crippen molar-refractivity contribution in [2.24, 2.45) is 11.1 Å². The number of H-pyrrole nitrogens is 1. The third-order valence-electron chi connectivity index (χ3n) is 3.74. The largest absolute Gasteiger partial charge is 0.469 e. The van der Waals surface area contributed by atoms with E-state index >= 15 is 0 Å². The summed E-state index contributed by atoms with van der Waals surface area (Å²) in [7, 11) is 1.39. The van der Waals surface area contributed by atoms with Crippen molar-refractivity contribution in [3.63, 3.8) is 0 Å². The molecule has 2 rings (SSSR count). The number of nitrogens with one attached hydrogen (secondary N) is 1. The zero-order valence-electron chi connectivity index (χ0n) is 11.8. The molecule has 0 unspecified atom stereocenters. The molecule has 0 saturated carbocycles. The maximum absolute atomic E-state index is 11.9. The van der Waals surface area contributed by atoms with Gasteiger partial charge in [-0.2, -0.15) is 0 Å². The van der Waals surface area contributed by atoms with Gasteiger partial charge in [0.2, 0.25) is 0 Å². The van der Waals surface area contributed by atoms with Crippen molar-refractivity contribution in [1.29, 1.82) is 0 Å². The van der Waals surface area contributed by atoms with Gasteiger partial charge in [-0.15, -0.1) is 0 Å². The number of aromatic amines is 1. The first-order valence-corrected chi connectivity index (χ1v) is 6.30. The SMILES string of the molecule is COC(=O)C(C)(C)[C@H](N)c1c(C)[nH]c2ccccc12. The normalized spacial score (nSPS) is 13.5. The van der Waals surface area contributed by atoms with E-state index in [1.807, 2.05) is 45.0 Å². The number of para-hydroxylation sites is 1. The number of carbonyl (C=O) groups excluding carboxylic acids is 1. The van der Waals surface area contributed by atoms with E-state index in [9.17, 15) is 4.79 Å².